The van der Waals surface area contributed by atoms with Crippen molar-refractivity contribution in [1.29, 1.82) is 0 Å². The number of carbonyl (C=O) groups excluding carboxylic acids is 2. The molecule has 2 atom stereocenters. The second-order valence-electron chi connectivity index (χ2n) is 7.68. The van der Waals surface area contributed by atoms with Gasteiger partial charge in [0, 0.05) is 18.8 Å². The molecule has 1 saturated heterocycles. The van der Waals surface area contributed by atoms with Crippen molar-refractivity contribution in [2.75, 3.05) is 31.6 Å². The molecule has 1 fully saturated rings. The lowest BCUT2D eigenvalue weighted by molar-refractivity contribution is -0.153. The van der Waals surface area contributed by atoms with Gasteiger partial charge in [0.15, 0.2) is 6.10 Å². The monoisotopic (exact) mass is 460 g/mol. The Balaban J connectivity index is 1.58. The van der Waals surface area contributed by atoms with Crippen LogP contribution in [-0.4, -0.2) is 57.0 Å². The largest absolute Gasteiger partial charge is 0.453 e. The molecule has 0 saturated carbocycles. The molecule has 0 aromatic heterocycles. The lowest BCUT2D eigenvalue weighted by atomic mass is 9.98. The minimum atomic E-state index is -3.68. The van der Waals surface area contributed by atoms with Crippen LogP contribution in [0.1, 0.15) is 31.7 Å². The van der Waals surface area contributed by atoms with Crippen molar-refractivity contribution in [3.8, 4) is 0 Å². The third-order valence-corrected chi connectivity index (χ3v) is 7.12. The van der Waals surface area contributed by atoms with Crippen molar-refractivity contribution < 1.29 is 27.5 Å². The maximum atomic E-state index is 12.8. The number of hydrogen-bond acceptors (Lipinski definition) is 6. The van der Waals surface area contributed by atoms with Crippen LogP contribution < -0.4 is 5.32 Å². The van der Waals surface area contributed by atoms with Crippen molar-refractivity contribution >= 4 is 27.6 Å². The number of carbonyl (C=O) groups is 2. The van der Waals surface area contributed by atoms with E-state index in [4.69, 9.17) is 9.47 Å². The average Bonchev–Trinajstić information content (AvgIpc) is 2.80. The molecule has 1 N–H and O–H groups in total. The van der Waals surface area contributed by atoms with Crippen molar-refractivity contribution in [3.63, 3.8) is 0 Å². The van der Waals surface area contributed by atoms with E-state index in [1.54, 1.807) is 12.1 Å². The van der Waals surface area contributed by atoms with Gasteiger partial charge < -0.3 is 14.8 Å². The summed E-state index contributed by atoms with van der Waals surface area (Å²) in [7, 11) is -3.68. The van der Waals surface area contributed by atoms with E-state index in [1.807, 2.05) is 37.3 Å². The van der Waals surface area contributed by atoms with Gasteiger partial charge in [-0.3, -0.25) is 9.59 Å². The molecule has 32 heavy (non-hydrogen) atoms. The number of sulfonamides is 1. The number of ether oxygens (including phenoxy) is 2. The summed E-state index contributed by atoms with van der Waals surface area (Å²) in [6.45, 7) is 4.67. The number of rotatable bonds is 8. The molecule has 1 aliphatic heterocycles. The summed E-state index contributed by atoms with van der Waals surface area (Å²) >= 11 is 0. The van der Waals surface area contributed by atoms with Gasteiger partial charge in [-0.15, -0.1) is 0 Å². The Bertz CT molecular complexity index is 1040. The molecule has 2 aromatic rings. The van der Waals surface area contributed by atoms with E-state index in [-0.39, 0.29) is 30.3 Å². The van der Waals surface area contributed by atoms with E-state index in [1.165, 1.54) is 23.4 Å². The van der Waals surface area contributed by atoms with Gasteiger partial charge in [-0.2, -0.15) is 4.31 Å². The topological polar surface area (TPSA) is 102 Å². The summed E-state index contributed by atoms with van der Waals surface area (Å²) in [6, 6.07) is 15.6. The zero-order valence-corrected chi connectivity index (χ0v) is 19.0. The number of benzene rings is 2. The molecule has 9 heteroatoms. The normalized spacial score (nSPS) is 16.7. The zero-order valence-electron chi connectivity index (χ0n) is 18.2. The smallest absolute Gasteiger partial charge is 0.307 e. The fourth-order valence-corrected chi connectivity index (χ4v) is 4.82. The Labute approximate surface area is 188 Å². The fraction of sp³-hybridized carbons (Fsp3) is 0.391. The molecule has 1 heterocycles. The Hall–Kier alpha value is -2.75. The van der Waals surface area contributed by atoms with Gasteiger partial charge >= 0.3 is 5.97 Å². The van der Waals surface area contributed by atoms with Crippen LogP contribution in [0.15, 0.2) is 59.5 Å². The van der Waals surface area contributed by atoms with E-state index in [0.717, 1.165) is 5.56 Å². The molecule has 8 nitrogen and oxygen atoms in total. The first-order chi connectivity index (χ1) is 15.3. The zero-order chi connectivity index (χ0) is 23.1. The maximum Gasteiger partial charge on any atom is 0.307 e. The number of nitrogens with one attached hydrogen (secondary N) is 1. The molecule has 0 bridgehead atoms. The number of anilines is 1. The molecular weight excluding hydrogens is 432 g/mol. The van der Waals surface area contributed by atoms with Crippen LogP contribution in [0.4, 0.5) is 5.69 Å². The minimum Gasteiger partial charge on any atom is -0.453 e. The molecule has 0 aliphatic carbocycles. The summed E-state index contributed by atoms with van der Waals surface area (Å²) in [5.74, 6) is -1.06. The lowest BCUT2D eigenvalue weighted by Crippen LogP contribution is -2.40. The molecule has 172 valence electrons. The second-order valence-corrected chi connectivity index (χ2v) is 9.62. The quantitative estimate of drug-likeness (QED) is 0.608. The third-order valence-electron chi connectivity index (χ3n) is 5.23. The van der Waals surface area contributed by atoms with Gasteiger partial charge in [0.1, 0.15) is 0 Å². The number of amides is 1. The molecular formula is C23H28N2O6S. The predicted molar refractivity (Wildman–Crippen MR) is 120 cm³/mol. The van der Waals surface area contributed by atoms with E-state index < -0.39 is 28.0 Å². The Morgan fingerprint density at radius 3 is 2.44 bits per heavy atom. The second kappa shape index (κ2) is 10.7. The van der Waals surface area contributed by atoms with E-state index >= 15 is 0 Å². The van der Waals surface area contributed by atoms with Gasteiger partial charge in [-0.05, 0) is 36.6 Å². The molecule has 0 spiro atoms. The number of hydrogen-bond donors (Lipinski definition) is 1. The highest BCUT2D eigenvalue weighted by atomic mass is 32.2. The summed E-state index contributed by atoms with van der Waals surface area (Å²) in [5, 5.41) is 2.62. The first-order valence-electron chi connectivity index (χ1n) is 10.5. The van der Waals surface area contributed by atoms with Crippen LogP contribution in [-0.2, 0) is 29.1 Å². The van der Waals surface area contributed by atoms with Crippen LogP contribution >= 0.6 is 0 Å². The van der Waals surface area contributed by atoms with E-state index in [0.29, 0.717) is 18.9 Å². The Kier molecular flexibility index (Phi) is 8.00. The summed E-state index contributed by atoms with van der Waals surface area (Å²) in [6.07, 6.45) is -0.875. The van der Waals surface area contributed by atoms with Gasteiger partial charge in [-0.25, -0.2) is 8.42 Å². The van der Waals surface area contributed by atoms with Gasteiger partial charge in [0.2, 0.25) is 10.0 Å². The summed E-state index contributed by atoms with van der Waals surface area (Å²) in [5.41, 5.74) is 1.32. The standard InChI is InChI=1S/C23H28N2O6S/c1-17(19-7-4-3-5-8-19)15-22(26)31-18(2)23(27)24-20-9-6-10-21(16-20)32(28,29)25-11-13-30-14-12-25/h3-10,16-18H,11-15H2,1-2H3,(H,24,27). The maximum absolute atomic E-state index is 12.8. The number of morpholine rings is 1. The van der Waals surface area contributed by atoms with Crippen molar-refractivity contribution in [2.24, 2.45) is 0 Å². The highest BCUT2D eigenvalue weighted by molar-refractivity contribution is 7.89. The highest BCUT2D eigenvalue weighted by Crippen LogP contribution is 2.22. The van der Waals surface area contributed by atoms with Gasteiger partial charge in [0.05, 0.1) is 24.5 Å². The average molecular weight is 461 g/mol. The molecule has 2 unspecified atom stereocenters. The van der Waals surface area contributed by atoms with Gasteiger partial charge in [0.25, 0.3) is 5.91 Å². The van der Waals surface area contributed by atoms with Crippen molar-refractivity contribution in [2.45, 2.75) is 37.2 Å². The highest BCUT2D eigenvalue weighted by Gasteiger charge is 2.27. The third kappa shape index (κ3) is 6.15. The SMILES string of the molecule is CC(OC(=O)CC(C)c1ccccc1)C(=O)Nc1cccc(S(=O)(=O)N2CCOCC2)c1. The predicted octanol–water partition coefficient (Wildman–Crippen LogP) is 2.77. The molecule has 3 rings (SSSR count). The first kappa shape index (κ1) is 23.9. The van der Waals surface area contributed by atoms with Crippen molar-refractivity contribution in [1.82, 2.24) is 4.31 Å². The van der Waals surface area contributed by atoms with Crippen LogP contribution in [0.5, 0.6) is 0 Å². The first-order valence-corrected chi connectivity index (χ1v) is 11.9. The lowest BCUT2D eigenvalue weighted by Gasteiger charge is -2.26. The Morgan fingerprint density at radius 1 is 1.06 bits per heavy atom. The fourth-order valence-electron chi connectivity index (χ4n) is 3.36. The van der Waals surface area contributed by atoms with Crippen LogP contribution in [0.3, 0.4) is 0 Å². The minimum absolute atomic E-state index is 0.0407. The Morgan fingerprint density at radius 2 is 1.75 bits per heavy atom. The molecule has 1 amide bonds. The molecule has 1 aliphatic rings. The van der Waals surface area contributed by atoms with Crippen molar-refractivity contribution in [3.05, 3.63) is 60.2 Å². The number of esters is 1. The van der Waals surface area contributed by atoms with E-state index in [2.05, 4.69) is 5.32 Å². The summed E-state index contributed by atoms with van der Waals surface area (Å²) in [4.78, 5) is 24.8. The number of nitrogens with zero attached hydrogens (tertiary/aromatic N) is 1. The van der Waals surface area contributed by atoms with Gasteiger partial charge in [-0.1, -0.05) is 43.3 Å². The van der Waals surface area contributed by atoms with Crippen LogP contribution in [0, 0.1) is 0 Å². The van der Waals surface area contributed by atoms with E-state index in [9.17, 15) is 18.0 Å². The van der Waals surface area contributed by atoms with Crippen LogP contribution in [0.25, 0.3) is 0 Å². The summed E-state index contributed by atoms with van der Waals surface area (Å²) < 4.78 is 37.5. The molecule has 2 aromatic carbocycles. The van der Waals surface area contributed by atoms with Crippen LogP contribution in [0.2, 0.25) is 0 Å². The molecule has 0 radical (unpaired) electrons.